The summed E-state index contributed by atoms with van der Waals surface area (Å²) in [4.78, 5) is 0. The van der Waals surface area contributed by atoms with Gasteiger partial charge in [-0.25, -0.2) is 0 Å². The molecule has 1 aromatic heterocycles. The van der Waals surface area contributed by atoms with Crippen molar-refractivity contribution in [3.05, 3.63) is 72.1 Å². The van der Waals surface area contributed by atoms with Crippen molar-refractivity contribution in [3.8, 4) is 17.2 Å². The summed E-state index contributed by atoms with van der Waals surface area (Å²) in [5, 5.41) is 3.63. The number of anilines is 1. The molecule has 2 heterocycles. The number of methoxy groups -OCH3 is 2. The van der Waals surface area contributed by atoms with Crippen molar-refractivity contribution in [1.29, 1.82) is 0 Å². The maximum Gasteiger partial charge on any atom is 0.166 e. The Morgan fingerprint density at radius 2 is 1.78 bits per heavy atom. The maximum atomic E-state index is 5.63. The van der Waals surface area contributed by atoms with Crippen molar-refractivity contribution in [2.75, 3.05) is 19.5 Å². The van der Waals surface area contributed by atoms with Gasteiger partial charge in [0, 0.05) is 17.5 Å². The van der Waals surface area contributed by atoms with E-state index in [1.807, 2.05) is 18.2 Å². The van der Waals surface area contributed by atoms with E-state index in [4.69, 9.17) is 9.47 Å². The van der Waals surface area contributed by atoms with Gasteiger partial charge >= 0.3 is 0 Å². The van der Waals surface area contributed by atoms with E-state index in [0.29, 0.717) is 0 Å². The van der Waals surface area contributed by atoms with Crippen molar-refractivity contribution in [2.45, 2.75) is 6.04 Å². The highest BCUT2D eigenvalue weighted by atomic mass is 16.5. The summed E-state index contributed by atoms with van der Waals surface area (Å²) in [5.74, 6) is 1.50. The van der Waals surface area contributed by atoms with Gasteiger partial charge in [-0.3, -0.25) is 0 Å². The Kier molecular flexibility index (Phi) is 3.23. The number of hydrogen-bond donors (Lipinski definition) is 1. The first-order valence-electron chi connectivity index (χ1n) is 7.57. The Balaban J connectivity index is 1.90. The third-order valence-electron chi connectivity index (χ3n) is 4.28. The van der Waals surface area contributed by atoms with E-state index in [9.17, 15) is 0 Å². The van der Waals surface area contributed by atoms with E-state index in [0.717, 1.165) is 28.4 Å². The molecule has 0 aliphatic carbocycles. The molecule has 0 fully saturated rings. The lowest BCUT2D eigenvalue weighted by atomic mass is 9.99. The second-order valence-electron chi connectivity index (χ2n) is 5.48. The molecule has 4 nitrogen and oxygen atoms in total. The molecule has 0 bridgehead atoms. The second-order valence-corrected chi connectivity index (χ2v) is 5.48. The number of fused-ring (bicyclic) bond motifs is 3. The number of aromatic nitrogens is 1. The molecule has 0 amide bonds. The quantitative estimate of drug-likeness (QED) is 0.794. The predicted molar refractivity (Wildman–Crippen MR) is 90.8 cm³/mol. The van der Waals surface area contributed by atoms with Crippen LogP contribution in [0.1, 0.15) is 17.3 Å². The summed E-state index contributed by atoms with van der Waals surface area (Å²) in [5.41, 5.74) is 4.49. The standard InChI is InChI=1S/C19H18N2O2/c1-22-17-11-5-7-13(19(17)23-2)18-16-10-6-12-21(16)15-9-4-3-8-14(15)20-18/h3-12,18,20H,1-2H3. The van der Waals surface area contributed by atoms with Gasteiger partial charge in [-0.1, -0.05) is 24.3 Å². The molecule has 1 aliphatic heterocycles. The van der Waals surface area contributed by atoms with Crippen LogP contribution in [0, 0.1) is 0 Å². The Morgan fingerprint density at radius 3 is 2.61 bits per heavy atom. The molecular weight excluding hydrogens is 288 g/mol. The summed E-state index contributed by atoms with van der Waals surface area (Å²) in [6.07, 6.45) is 2.09. The molecule has 1 atom stereocenters. The summed E-state index contributed by atoms with van der Waals surface area (Å²) < 4.78 is 13.3. The van der Waals surface area contributed by atoms with Crippen LogP contribution in [0.15, 0.2) is 60.8 Å². The van der Waals surface area contributed by atoms with E-state index in [-0.39, 0.29) is 6.04 Å². The van der Waals surface area contributed by atoms with Gasteiger partial charge in [0.15, 0.2) is 11.5 Å². The second kappa shape index (κ2) is 5.39. The van der Waals surface area contributed by atoms with Gasteiger partial charge in [0.05, 0.1) is 31.6 Å². The lowest BCUT2D eigenvalue weighted by molar-refractivity contribution is 0.351. The van der Waals surface area contributed by atoms with Crippen LogP contribution in [-0.4, -0.2) is 18.8 Å². The third-order valence-corrected chi connectivity index (χ3v) is 4.28. The van der Waals surface area contributed by atoms with E-state index in [1.54, 1.807) is 14.2 Å². The molecule has 0 saturated heterocycles. The van der Waals surface area contributed by atoms with Gasteiger partial charge in [-0.2, -0.15) is 0 Å². The minimum Gasteiger partial charge on any atom is -0.493 e. The van der Waals surface area contributed by atoms with E-state index < -0.39 is 0 Å². The van der Waals surface area contributed by atoms with Crippen LogP contribution in [0.3, 0.4) is 0 Å². The number of nitrogens with one attached hydrogen (secondary N) is 1. The van der Waals surface area contributed by atoms with Gasteiger partial charge < -0.3 is 19.4 Å². The molecule has 23 heavy (non-hydrogen) atoms. The fourth-order valence-electron chi connectivity index (χ4n) is 3.26. The van der Waals surface area contributed by atoms with Crippen LogP contribution < -0.4 is 14.8 Å². The lowest BCUT2D eigenvalue weighted by Gasteiger charge is -2.30. The molecule has 0 radical (unpaired) electrons. The van der Waals surface area contributed by atoms with Gasteiger partial charge in [0.25, 0.3) is 0 Å². The first kappa shape index (κ1) is 13.8. The Bertz CT molecular complexity index is 854. The predicted octanol–water partition coefficient (Wildman–Crippen LogP) is 4.01. The highest BCUT2D eigenvalue weighted by Crippen LogP contribution is 2.42. The first-order chi connectivity index (χ1) is 11.3. The van der Waals surface area contributed by atoms with E-state index in [1.165, 1.54) is 5.69 Å². The van der Waals surface area contributed by atoms with Crippen LogP contribution in [0.25, 0.3) is 5.69 Å². The molecular formula is C19H18N2O2. The van der Waals surface area contributed by atoms with Crippen molar-refractivity contribution in [1.82, 2.24) is 4.57 Å². The fraction of sp³-hybridized carbons (Fsp3) is 0.158. The molecule has 116 valence electrons. The monoisotopic (exact) mass is 306 g/mol. The van der Waals surface area contributed by atoms with Gasteiger partial charge in [-0.15, -0.1) is 0 Å². The Labute approximate surface area is 135 Å². The van der Waals surface area contributed by atoms with Gasteiger partial charge in [0.2, 0.25) is 0 Å². The van der Waals surface area contributed by atoms with Crippen LogP contribution in [-0.2, 0) is 0 Å². The molecule has 0 saturated carbocycles. The molecule has 3 aromatic rings. The zero-order valence-electron chi connectivity index (χ0n) is 13.1. The van der Waals surface area contributed by atoms with E-state index >= 15 is 0 Å². The molecule has 4 rings (SSSR count). The smallest absolute Gasteiger partial charge is 0.166 e. The van der Waals surface area contributed by atoms with Crippen LogP contribution in [0.4, 0.5) is 5.69 Å². The molecule has 1 unspecified atom stereocenters. The van der Waals surface area contributed by atoms with Gasteiger partial charge in [0.1, 0.15) is 0 Å². The van der Waals surface area contributed by atoms with Crippen molar-refractivity contribution >= 4 is 5.69 Å². The largest absolute Gasteiger partial charge is 0.493 e. The number of hydrogen-bond acceptors (Lipinski definition) is 3. The first-order valence-corrected chi connectivity index (χ1v) is 7.57. The summed E-state index contributed by atoms with van der Waals surface area (Å²) in [7, 11) is 3.34. The van der Waals surface area contributed by atoms with Crippen LogP contribution in [0.2, 0.25) is 0 Å². The Morgan fingerprint density at radius 1 is 0.913 bits per heavy atom. The average molecular weight is 306 g/mol. The minimum absolute atomic E-state index is 0.00458. The maximum absolute atomic E-state index is 5.63. The molecule has 0 spiro atoms. The summed E-state index contributed by atoms with van der Waals surface area (Å²) >= 11 is 0. The number of rotatable bonds is 3. The number of ether oxygens (including phenoxy) is 2. The minimum atomic E-state index is 0.00458. The molecule has 1 aliphatic rings. The van der Waals surface area contributed by atoms with Crippen molar-refractivity contribution in [2.24, 2.45) is 0 Å². The third kappa shape index (κ3) is 2.06. The lowest BCUT2D eigenvalue weighted by Crippen LogP contribution is -2.22. The highest BCUT2D eigenvalue weighted by Gasteiger charge is 2.28. The summed E-state index contributed by atoms with van der Waals surface area (Å²) in [6.45, 7) is 0. The normalized spacial score (nSPS) is 15.3. The van der Waals surface area contributed by atoms with Gasteiger partial charge in [-0.05, 0) is 30.3 Å². The van der Waals surface area contributed by atoms with Crippen LogP contribution in [0.5, 0.6) is 11.5 Å². The molecule has 1 N–H and O–H groups in total. The van der Waals surface area contributed by atoms with E-state index in [2.05, 4.69) is 52.5 Å². The number of benzene rings is 2. The number of nitrogens with zero attached hydrogens (tertiary/aromatic N) is 1. The average Bonchev–Trinajstić information content (AvgIpc) is 3.10. The fourth-order valence-corrected chi connectivity index (χ4v) is 3.26. The zero-order valence-corrected chi connectivity index (χ0v) is 13.1. The topological polar surface area (TPSA) is 35.4 Å². The zero-order chi connectivity index (χ0) is 15.8. The SMILES string of the molecule is COc1cccc(C2Nc3ccccc3-n3cccc32)c1OC. The number of para-hydroxylation sites is 3. The molecule has 2 aromatic carbocycles. The Hall–Kier alpha value is -2.88. The highest BCUT2D eigenvalue weighted by molar-refractivity contribution is 5.68. The summed E-state index contributed by atoms with van der Waals surface area (Å²) in [6, 6.07) is 18.5. The van der Waals surface area contributed by atoms with Crippen molar-refractivity contribution in [3.63, 3.8) is 0 Å². The molecule has 4 heteroatoms. The van der Waals surface area contributed by atoms with Crippen molar-refractivity contribution < 1.29 is 9.47 Å². The van der Waals surface area contributed by atoms with Crippen LogP contribution >= 0.6 is 0 Å².